The van der Waals surface area contributed by atoms with E-state index in [0.29, 0.717) is 6.54 Å². The lowest BCUT2D eigenvalue weighted by molar-refractivity contribution is 0.240. The summed E-state index contributed by atoms with van der Waals surface area (Å²) in [6, 6.07) is 7.98. The molecule has 1 fully saturated rings. The van der Waals surface area contributed by atoms with Crippen molar-refractivity contribution in [1.82, 2.24) is 9.97 Å². The van der Waals surface area contributed by atoms with Crippen LogP contribution in [0.4, 0.5) is 0 Å². The predicted molar refractivity (Wildman–Crippen MR) is 75.2 cm³/mol. The second kappa shape index (κ2) is 4.70. The van der Waals surface area contributed by atoms with E-state index in [2.05, 4.69) is 16.0 Å². The molecule has 1 aliphatic carbocycles. The van der Waals surface area contributed by atoms with Crippen LogP contribution in [-0.2, 0) is 5.41 Å². The smallest absolute Gasteiger partial charge is 0.119 e. The van der Waals surface area contributed by atoms with Crippen LogP contribution in [0, 0.1) is 0 Å². The molecule has 0 saturated heterocycles. The third-order valence-electron chi connectivity index (χ3n) is 4.16. The van der Waals surface area contributed by atoms with E-state index in [-0.39, 0.29) is 5.41 Å². The molecule has 0 unspecified atom stereocenters. The van der Waals surface area contributed by atoms with Crippen molar-refractivity contribution in [3.63, 3.8) is 0 Å². The van der Waals surface area contributed by atoms with Gasteiger partial charge in [-0.15, -0.1) is 0 Å². The van der Waals surface area contributed by atoms with Crippen molar-refractivity contribution in [2.45, 2.75) is 24.7 Å². The van der Waals surface area contributed by atoms with E-state index < -0.39 is 0 Å². The number of nitrogens with one attached hydrogen (secondary N) is 1. The van der Waals surface area contributed by atoms with Gasteiger partial charge in [0.15, 0.2) is 0 Å². The first-order valence-electron chi connectivity index (χ1n) is 6.67. The van der Waals surface area contributed by atoms with Gasteiger partial charge in [0, 0.05) is 17.5 Å². The van der Waals surface area contributed by atoms with E-state index >= 15 is 0 Å². The van der Waals surface area contributed by atoms with Crippen LogP contribution in [-0.4, -0.2) is 23.6 Å². The zero-order valence-electron chi connectivity index (χ0n) is 11.1. The van der Waals surface area contributed by atoms with Crippen LogP contribution >= 0.6 is 0 Å². The molecule has 0 amide bonds. The van der Waals surface area contributed by atoms with Crippen molar-refractivity contribution in [2.24, 2.45) is 5.73 Å². The monoisotopic (exact) mass is 257 g/mol. The third-order valence-corrected chi connectivity index (χ3v) is 4.16. The third kappa shape index (κ3) is 2.02. The molecular weight excluding hydrogens is 238 g/mol. The number of aromatic nitrogens is 2. The average molecular weight is 257 g/mol. The summed E-state index contributed by atoms with van der Waals surface area (Å²) in [5.74, 6) is 1.88. The molecule has 19 heavy (non-hydrogen) atoms. The van der Waals surface area contributed by atoms with Crippen LogP contribution in [0.1, 0.15) is 25.1 Å². The molecule has 1 heterocycles. The Morgan fingerprint density at radius 3 is 2.89 bits per heavy atom. The zero-order chi connectivity index (χ0) is 13.3. The number of nitrogens with two attached hydrogens (primary N) is 1. The van der Waals surface area contributed by atoms with Gasteiger partial charge < -0.3 is 15.5 Å². The normalized spacial score (nSPS) is 16.9. The number of hydrogen-bond donors (Lipinski definition) is 2. The van der Waals surface area contributed by atoms with Gasteiger partial charge in [0.25, 0.3) is 0 Å². The van der Waals surface area contributed by atoms with Gasteiger partial charge >= 0.3 is 0 Å². The Balaban J connectivity index is 1.92. The molecule has 0 atom stereocenters. The van der Waals surface area contributed by atoms with Crippen LogP contribution in [0.15, 0.2) is 30.5 Å². The number of methoxy groups -OCH3 is 1. The predicted octanol–water partition coefficient (Wildman–Crippen LogP) is 2.47. The summed E-state index contributed by atoms with van der Waals surface area (Å²) in [6.07, 6.45) is 5.40. The summed E-state index contributed by atoms with van der Waals surface area (Å²) in [6.45, 7) is 0.665. The lowest BCUT2D eigenvalue weighted by Crippen LogP contribution is -2.42. The minimum absolute atomic E-state index is 0.0805. The number of benzene rings is 1. The molecular formula is C15H19N3O. The highest BCUT2D eigenvalue weighted by Gasteiger charge is 2.39. The maximum Gasteiger partial charge on any atom is 0.119 e. The Hall–Kier alpha value is -1.81. The van der Waals surface area contributed by atoms with E-state index in [4.69, 9.17) is 10.5 Å². The molecule has 0 radical (unpaired) electrons. The fourth-order valence-electron chi connectivity index (χ4n) is 2.67. The molecule has 0 aliphatic heterocycles. The van der Waals surface area contributed by atoms with Crippen LogP contribution in [0.2, 0.25) is 0 Å². The Kier molecular flexibility index (Phi) is 3.03. The first-order chi connectivity index (χ1) is 9.27. The number of hydrogen-bond acceptors (Lipinski definition) is 3. The number of imidazole rings is 1. The molecule has 1 aliphatic rings. The molecule has 3 rings (SSSR count). The van der Waals surface area contributed by atoms with E-state index in [9.17, 15) is 0 Å². The second-order valence-electron chi connectivity index (χ2n) is 5.22. The first-order valence-corrected chi connectivity index (χ1v) is 6.67. The molecule has 0 spiro atoms. The highest BCUT2D eigenvalue weighted by molar-refractivity contribution is 5.60. The Morgan fingerprint density at radius 2 is 2.26 bits per heavy atom. The SMILES string of the molecule is COc1cccc(-c2cnc(C3(CN)CCC3)[nH]2)c1. The van der Waals surface area contributed by atoms with Crippen molar-refractivity contribution in [3.8, 4) is 17.0 Å². The summed E-state index contributed by atoms with van der Waals surface area (Å²) < 4.78 is 5.25. The van der Waals surface area contributed by atoms with Gasteiger partial charge in [-0.1, -0.05) is 18.6 Å². The Labute approximate surface area is 113 Å². The molecule has 1 aromatic carbocycles. The molecule has 100 valence electrons. The summed E-state index contributed by atoms with van der Waals surface area (Å²) in [7, 11) is 1.68. The fourth-order valence-corrected chi connectivity index (χ4v) is 2.67. The quantitative estimate of drug-likeness (QED) is 0.884. The van der Waals surface area contributed by atoms with Crippen molar-refractivity contribution in [1.29, 1.82) is 0 Å². The first kappa shape index (κ1) is 12.2. The Bertz CT molecular complexity index is 567. The van der Waals surface area contributed by atoms with E-state index in [1.165, 1.54) is 6.42 Å². The molecule has 0 bridgehead atoms. The van der Waals surface area contributed by atoms with Crippen LogP contribution in [0.25, 0.3) is 11.3 Å². The van der Waals surface area contributed by atoms with E-state index in [1.807, 2.05) is 24.4 Å². The van der Waals surface area contributed by atoms with E-state index in [1.54, 1.807) is 7.11 Å². The summed E-state index contributed by atoms with van der Waals surface area (Å²) in [5.41, 5.74) is 8.10. The van der Waals surface area contributed by atoms with Gasteiger partial charge in [-0.2, -0.15) is 0 Å². The lowest BCUT2D eigenvalue weighted by atomic mass is 9.68. The summed E-state index contributed by atoms with van der Waals surface area (Å²) >= 11 is 0. The van der Waals surface area contributed by atoms with Crippen LogP contribution in [0.5, 0.6) is 5.75 Å². The van der Waals surface area contributed by atoms with Crippen LogP contribution < -0.4 is 10.5 Å². The average Bonchev–Trinajstić information content (AvgIpc) is 2.88. The fraction of sp³-hybridized carbons (Fsp3) is 0.400. The van der Waals surface area contributed by atoms with Crippen molar-refractivity contribution in [3.05, 3.63) is 36.3 Å². The van der Waals surface area contributed by atoms with Crippen molar-refractivity contribution >= 4 is 0 Å². The Morgan fingerprint density at radius 1 is 1.42 bits per heavy atom. The maximum absolute atomic E-state index is 5.91. The minimum atomic E-state index is 0.0805. The molecule has 4 nitrogen and oxygen atoms in total. The second-order valence-corrected chi connectivity index (χ2v) is 5.22. The van der Waals surface area contributed by atoms with Gasteiger partial charge in [0.1, 0.15) is 11.6 Å². The van der Waals surface area contributed by atoms with Crippen molar-refractivity contribution in [2.75, 3.05) is 13.7 Å². The number of nitrogens with zero attached hydrogens (tertiary/aromatic N) is 1. The highest BCUT2D eigenvalue weighted by Crippen LogP contribution is 2.41. The van der Waals surface area contributed by atoms with Gasteiger partial charge in [0.05, 0.1) is 19.0 Å². The van der Waals surface area contributed by atoms with Gasteiger partial charge in [-0.25, -0.2) is 4.98 Å². The molecule has 1 aromatic heterocycles. The molecule has 1 saturated carbocycles. The number of aromatic amines is 1. The molecule has 4 heteroatoms. The lowest BCUT2D eigenvalue weighted by Gasteiger charge is -2.39. The van der Waals surface area contributed by atoms with Gasteiger partial charge in [-0.05, 0) is 25.0 Å². The van der Waals surface area contributed by atoms with Crippen LogP contribution in [0.3, 0.4) is 0 Å². The number of H-pyrrole nitrogens is 1. The maximum atomic E-state index is 5.91. The zero-order valence-corrected chi connectivity index (χ0v) is 11.1. The number of ether oxygens (including phenoxy) is 1. The van der Waals surface area contributed by atoms with Gasteiger partial charge in [-0.3, -0.25) is 0 Å². The van der Waals surface area contributed by atoms with Crippen molar-refractivity contribution < 1.29 is 4.74 Å². The van der Waals surface area contributed by atoms with Gasteiger partial charge in [0.2, 0.25) is 0 Å². The highest BCUT2D eigenvalue weighted by atomic mass is 16.5. The molecule has 3 N–H and O–H groups in total. The topological polar surface area (TPSA) is 63.9 Å². The summed E-state index contributed by atoms with van der Waals surface area (Å²) in [5, 5.41) is 0. The largest absolute Gasteiger partial charge is 0.497 e. The summed E-state index contributed by atoms with van der Waals surface area (Å²) in [4.78, 5) is 7.96. The number of rotatable bonds is 4. The molecule has 2 aromatic rings. The minimum Gasteiger partial charge on any atom is -0.497 e. The standard InChI is InChI=1S/C15H19N3O/c1-19-12-5-2-4-11(8-12)13-9-17-14(18-13)15(10-16)6-3-7-15/h2,4-5,8-9H,3,6-7,10,16H2,1H3,(H,17,18). The van der Waals surface area contributed by atoms with E-state index in [0.717, 1.165) is 35.7 Å².